The molecule has 1 atom stereocenters. The van der Waals surface area contributed by atoms with E-state index in [0.29, 0.717) is 17.4 Å². The third-order valence-electron chi connectivity index (χ3n) is 2.74. The first-order valence-corrected chi connectivity index (χ1v) is 6.30. The van der Waals surface area contributed by atoms with Gasteiger partial charge in [0.25, 0.3) is 0 Å². The molecule has 7 heteroatoms. The predicted octanol–water partition coefficient (Wildman–Crippen LogP) is 1.83. The molecule has 0 aliphatic carbocycles. The van der Waals surface area contributed by atoms with Crippen molar-refractivity contribution >= 4 is 28.6 Å². The fourth-order valence-electron chi connectivity index (χ4n) is 1.68. The summed E-state index contributed by atoms with van der Waals surface area (Å²) >= 11 is 5.82. The van der Waals surface area contributed by atoms with Crippen LogP contribution in [-0.4, -0.2) is 38.2 Å². The van der Waals surface area contributed by atoms with Crippen LogP contribution in [0.5, 0.6) is 0 Å². The van der Waals surface area contributed by atoms with Crippen molar-refractivity contribution in [2.24, 2.45) is 5.92 Å². The lowest BCUT2D eigenvalue weighted by Crippen LogP contribution is -2.08. The zero-order valence-electron chi connectivity index (χ0n) is 10.1. The molecule has 0 saturated heterocycles. The lowest BCUT2D eigenvalue weighted by atomic mass is 10.1. The van der Waals surface area contributed by atoms with E-state index >= 15 is 0 Å². The van der Waals surface area contributed by atoms with Crippen LogP contribution in [0, 0.1) is 5.92 Å². The number of fused-ring (bicyclic) bond motifs is 1. The minimum Gasteiger partial charge on any atom is -0.396 e. The van der Waals surface area contributed by atoms with Gasteiger partial charge in [-0.2, -0.15) is 9.97 Å². The Hall–Kier alpha value is -1.40. The summed E-state index contributed by atoms with van der Waals surface area (Å²) in [5.74, 6) is 0.993. The van der Waals surface area contributed by atoms with Crippen LogP contribution in [0.15, 0.2) is 6.33 Å². The second-order valence-corrected chi connectivity index (χ2v) is 4.64. The molecule has 0 radical (unpaired) electrons. The van der Waals surface area contributed by atoms with E-state index in [1.54, 1.807) is 6.33 Å². The average Bonchev–Trinajstić information content (AvgIpc) is 2.81. The number of nitrogens with zero attached hydrogens (tertiary/aromatic N) is 3. The molecule has 1 unspecified atom stereocenters. The van der Waals surface area contributed by atoms with Gasteiger partial charge in [-0.25, -0.2) is 4.98 Å². The number of imidazole rings is 1. The Morgan fingerprint density at radius 1 is 1.50 bits per heavy atom. The summed E-state index contributed by atoms with van der Waals surface area (Å²) in [4.78, 5) is 15.2. The number of hydrogen-bond acceptors (Lipinski definition) is 5. The SMILES string of the molecule is CC(CO)CCCNc1nc(Cl)nc2nc[nH]c12. The Labute approximate surface area is 110 Å². The van der Waals surface area contributed by atoms with Crippen molar-refractivity contribution in [3.8, 4) is 0 Å². The van der Waals surface area contributed by atoms with Gasteiger partial charge in [0.05, 0.1) is 6.33 Å². The van der Waals surface area contributed by atoms with Gasteiger partial charge in [0, 0.05) is 13.2 Å². The summed E-state index contributed by atoms with van der Waals surface area (Å²) in [5.41, 5.74) is 1.32. The molecule has 0 fully saturated rings. The highest BCUT2D eigenvalue weighted by Gasteiger charge is 2.08. The first-order valence-electron chi connectivity index (χ1n) is 5.92. The Bertz CT molecular complexity index is 515. The van der Waals surface area contributed by atoms with Crippen LogP contribution < -0.4 is 5.32 Å². The molecule has 98 valence electrons. The van der Waals surface area contributed by atoms with Gasteiger partial charge in [-0.15, -0.1) is 0 Å². The lowest BCUT2D eigenvalue weighted by Gasteiger charge is -2.09. The van der Waals surface area contributed by atoms with Crippen LogP contribution >= 0.6 is 11.6 Å². The molecule has 0 aromatic carbocycles. The maximum Gasteiger partial charge on any atom is 0.226 e. The lowest BCUT2D eigenvalue weighted by molar-refractivity contribution is 0.229. The molecule has 2 heterocycles. The van der Waals surface area contributed by atoms with Crippen molar-refractivity contribution < 1.29 is 5.11 Å². The normalized spacial score (nSPS) is 12.8. The highest BCUT2D eigenvalue weighted by Crippen LogP contribution is 2.18. The van der Waals surface area contributed by atoms with Crippen LogP contribution in [0.3, 0.4) is 0 Å². The van der Waals surface area contributed by atoms with Gasteiger partial charge in [-0.3, -0.25) is 0 Å². The third-order valence-corrected chi connectivity index (χ3v) is 2.91. The summed E-state index contributed by atoms with van der Waals surface area (Å²) < 4.78 is 0. The van der Waals surface area contributed by atoms with Crippen molar-refractivity contribution in [3.05, 3.63) is 11.6 Å². The second kappa shape index (κ2) is 5.97. The largest absolute Gasteiger partial charge is 0.396 e. The van der Waals surface area contributed by atoms with Crippen molar-refractivity contribution in [3.63, 3.8) is 0 Å². The smallest absolute Gasteiger partial charge is 0.226 e. The minimum absolute atomic E-state index is 0.181. The van der Waals surface area contributed by atoms with E-state index in [9.17, 15) is 0 Å². The number of aromatic amines is 1. The summed E-state index contributed by atoms with van der Waals surface area (Å²) in [6.45, 7) is 3.02. The number of halogens is 1. The van der Waals surface area contributed by atoms with Gasteiger partial charge in [-0.05, 0) is 30.4 Å². The van der Waals surface area contributed by atoms with Gasteiger partial charge in [0.1, 0.15) is 5.52 Å². The molecule has 3 N–H and O–H groups in total. The molecule has 0 spiro atoms. The maximum atomic E-state index is 8.93. The number of H-pyrrole nitrogens is 1. The standard InChI is InChI=1S/C11H16ClN5O/c1-7(5-18)3-2-4-13-9-8-10(15-6-14-8)17-11(12)16-9/h6-7,18H,2-5H2,1H3,(H2,13,14,15,16,17). The summed E-state index contributed by atoms with van der Waals surface area (Å²) in [6, 6.07) is 0. The van der Waals surface area contributed by atoms with E-state index in [2.05, 4.69) is 25.3 Å². The summed E-state index contributed by atoms with van der Waals surface area (Å²) in [6.07, 6.45) is 3.49. The first-order chi connectivity index (χ1) is 8.70. The van der Waals surface area contributed by atoms with E-state index in [-0.39, 0.29) is 11.9 Å². The monoisotopic (exact) mass is 269 g/mol. The number of anilines is 1. The van der Waals surface area contributed by atoms with Crippen molar-refractivity contribution in [1.82, 2.24) is 19.9 Å². The number of aromatic nitrogens is 4. The molecule has 0 amide bonds. The Morgan fingerprint density at radius 3 is 3.11 bits per heavy atom. The number of hydrogen-bond donors (Lipinski definition) is 3. The molecule has 18 heavy (non-hydrogen) atoms. The summed E-state index contributed by atoms with van der Waals surface area (Å²) in [7, 11) is 0. The van der Waals surface area contributed by atoms with Gasteiger partial charge in [0.15, 0.2) is 11.5 Å². The highest BCUT2D eigenvalue weighted by atomic mass is 35.5. The fraction of sp³-hybridized carbons (Fsp3) is 0.545. The molecule has 0 aliphatic rings. The van der Waals surface area contributed by atoms with Crippen LogP contribution in [-0.2, 0) is 0 Å². The van der Waals surface area contributed by atoms with E-state index < -0.39 is 0 Å². The van der Waals surface area contributed by atoms with Crippen LogP contribution in [0.25, 0.3) is 11.2 Å². The fourth-order valence-corrected chi connectivity index (χ4v) is 1.85. The van der Waals surface area contributed by atoms with Crippen molar-refractivity contribution in [1.29, 1.82) is 0 Å². The number of aliphatic hydroxyl groups is 1. The number of rotatable bonds is 6. The minimum atomic E-state index is 0.181. The molecular weight excluding hydrogens is 254 g/mol. The van der Waals surface area contributed by atoms with Crippen LogP contribution in [0.4, 0.5) is 5.82 Å². The number of aliphatic hydroxyl groups excluding tert-OH is 1. The van der Waals surface area contributed by atoms with E-state index in [1.165, 1.54) is 0 Å². The Balaban J connectivity index is 1.97. The van der Waals surface area contributed by atoms with Crippen LogP contribution in [0.2, 0.25) is 5.28 Å². The molecule has 2 rings (SSSR count). The van der Waals surface area contributed by atoms with E-state index in [0.717, 1.165) is 24.9 Å². The molecule has 2 aromatic heterocycles. The van der Waals surface area contributed by atoms with Gasteiger partial charge >= 0.3 is 0 Å². The molecular formula is C11H16ClN5O. The average molecular weight is 270 g/mol. The highest BCUT2D eigenvalue weighted by molar-refractivity contribution is 6.28. The maximum absolute atomic E-state index is 8.93. The first kappa shape index (κ1) is 13.0. The number of nitrogens with one attached hydrogen (secondary N) is 2. The molecule has 0 saturated carbocycles. The Kier molecular flexibility index (Phi) is 4.33. The van der Waals surface area contributed by atoms with Gasteiger partial charge in [-0.1, -0.05) is 6.92 Å². The molecule has 0 aliphatic heterocycles. The quantitative estimate of drug-likeness (QED) is 0.550. The molecule has 2 aromatic rings. The topological polar surface area (TPSA) is 86.7 Å². The third kappa shape index (κ3) is 3.08. The second-order valence-electron chi connectivity index (χ2n) is 4.30. The Morgan fingerprint density at radius 2 is 2.33 bits per heavy atom. The summed E-state index contributed by atoms with van der Waals surface area (Å²) in [5, 5.41) is 12.3. The molecule has 6 nitrogen and oxygen atoms in total. The zero-order valence-corrected chi connectivity index (χ0v) is 10.9. The zero-order chi connectivity index (χ0) is 13.0. The van der Waals surface area contributed by atoms with E-state index in [4.69, 9.17) is 16.7 Å². The van der Waals surface area contributed by atoms with Crippen molar-refractivity contribution in [2.75, 3.05) is 18.5 Å². The predicted molar refractivity (Wildman–Crippen MR) is 70.7 cm³/mol. The van der Waals surface area contributed by atoms with Gasteiger partial charge < -0.3 is 15.4 Å². The van der Waals surface area contributed by atoms with Gasteiger partial charge in [0.2, 0.25) is 5.28 Å². The van der Waals surface area contributed by atoms with Crippen molar-refractivity contribution in [2.45, 2.75) is 19.8 Å². The van der Waals surface area contributed by atoms with E-state index in [1.807, 2.05) is 6.92 Å². The molecule has 0 bridgehead atoms. The van der Waals surface area contributed by atoms with Crippen LogP contribution in [0.1, 0.15) is 19.8 Å².